The van der Waals surface area contributed by atoms with E-state index in [0.717, 1.165) is 24.9 Å². The minimum absolute atomic E-state index is 0.0377. The van der Waals surface area contributed by atoms with Crippen LogP contribution in [0.4, 0.5) is 5.69 Å². The van der Waals surface area contributed by atoms with Crippen LogP contribution in [0.1, 0.15) is 31.7 Å². The standard InChI is InChI=1S/C16H22N2O3/c1-11-8-9-17-14(10-11)16(21)18-13-5-3-2-4-12(13)6-7-15(19)20/h2-5,11,14,17H,6-10H2,1H3,(H,18,21)(H,19,20). The molecule has 0 bridgehead atoms. The highest BCUT2D eigenvalue weighted by atomic mass is 16.4. The first kappa shape index (κ1) is 15.5. The fourth-order valence-electron chi connectivity index (χ4n) is 2.63. The highest BCUT2D eigenvalue weighted by Crippen LogP contribution is 2.20. The predicted molar refractivity (Wildman–Crippen MR) is 81.2 cm³/mol. The first-order chi connectivity index (χ1) is 10.1. The molecular weight excluding hydrogens is 268 g/mol. The molecule has 1 heterocycles. The number of carbonyl (C=O) groups excluding carboxylic acids is 1. The van der Waals surface area contributed by atoms with Gasteiger partial charge in [0.1, 0.15) is 0 Å². The second-order valence-corrected chi connectivity index (χ2v) is 5.68. The lowest BCUT2D eigenvalue weighted by atomic mass is 9.94. The molecule has 1 saturated heterocycles. The van der Waals surface area contributed by atoms with Crippen LogP contribution in [-0.4, -0.2) is 29.6 Å². The summed E-state index contributed by atoms with van der Waals surface area (Å²) in [6.45, 7) is 3.02. The van der Waals surface area contributed by atoms with Crippen LogP contribution in [0.25, 0.3) is 0 Å². The highest BCUT2D eigenvalue weighted by molar-refractivity contribution is 5.95. The molecular formula is C16H22N2O3. The van der Waals surface area contributed by atoms with E-state index in [4.69, 9.17) is 5.11 Å². The first-order valence-electron chi connectivity index (χ1n) is 7.40. The Balaban J connectivity index is 2.01. The van der Waals surface area contributed by atoms with Crippen molar-refractivity contribution in [2.24, 2.45) is 5.92 Å². The van der Waals surface area contributed by atoms with E-state index in [0.29, 0.717) is 18.0 Å². The summed E-state index contributed by atoms with van der Waals surface area (Å²) in [7, 11) is 0. The predicted octanol–water partition coefficient (Wildman–Crippen LogP) is 2.03. The molecule has 1 fully saturated rings. The molecule has 1 amide bonds. The van der Waals surface area contributed by atoms with Gasteiger partial charge in [-0.05, 0) is 43.4 Å². The van der Waals surface area contributed by atoms with Crippen LogP contribution in [-0.2, 0) is 16.0 Å². The van der Waals surface area contributed by atoms with E-state index < -0.39 is 5.97 Å². The first-order valence-corrected chi connectivity index (χ1v) is 7.40. The average molecular weight is 290 g/mol. The van der Waals surface area contributed by atoms with Gasteiger partial charge in [-0.1, -0.05) is 25.1 Å². The number of rotatable bonds is 5. The van der Waals surface area contributed by atoms with E-state index in [1.807, 2.05) is 24.3 Å². The van der Waals surface area contributed by atoms with Crippen LogP contribution in [0.15, 0.2) is 24.3 Å². The Morgan fingerprint density at radius 1 is 1.38 bits per heavy atom. The molecule has 0 spiro atoms. The Kier molecular flexibility index (Phi) is 5.33. The molecule has 2 rings (SSSR count). The normalized spacial score (nSPS) is 21.8. The molecule has 1 aliphatic rings. The average Bonchev–Trinajstić information content (AvgIpc) is 2.46. The Bertz CT molecular complexity index is 516. The van der Waals surface area contributed by atoms with Gasteiger partial charge in [-0.25, -0.2) is 0 Å². The van der Waals surface area contributed by atoms with Crippen LogP contribution < -0.4 is 10.6 Å². The molecule has 1 aromatic carbocycles. The van der Waals surface area contributed by atoms with Gasteiger partial charge >= 0.3 is 5.97 Å². The van der Waals surface area contributed by atoms with Crippen LogP contribution >= 0.6 is 0 Å². The number of benzene rings is 1. The number of para-hydroxylation sites is 1. The van der Waals surface area contributed by atoms with E-state index in [2.05, 4.69) is 17.6 Å². The van der Waals surface area contributed by atoms with Gasteiger partial charge in [0.15, 0.2) is 0 Å². The van der Waals surface area contributed by atoms with Gasteiger partial charge in [0.25, 0.3) is 0 Å². The van der Waals surface area contributed by atoms with Crippen LogP contribution in [0, 0.1) is 5.92 Å². The van der Waals surface area contributed by atoms with E-state index in [-0.39, 0.29) is 18.4 Å². The maximum atomic E-state index is 12.3. The Labute approximate surface area is 124 Å². The van der Waals surface area contributed by atoms with Gasteiger partial charge < -0.3 is 15.7 Å². The number of anilines is 1. The molecule has 0 saturated carbocycles. The highest BCUT2D eigenvalue weighted by Gasteiger charge is 2.24. The fourth-order valence-corrected chi connectivity index (χ4v) is 2.63. The maximum absolute atomic E-state index is 12.3. The smallest absolute Gasteiger partial charge is 0.303 e. The number of aryl methyl sites for hydroxylation is 1. The number of hydrogen-bond donors (Lipinski definition) is 3. The van der Waals surface area contributed by atoms with Crippen molar-refractivity contribution in [3.05, 3.63) is 29.8 Å². The van der Waals surface area contributed by atoms with Gasteiger partial charge in [0.05, 0.1) is 6.04 Å². The van der Waals surface area contributed by atoms with Crippen molar-refractivity contribution in [3.8, 4) is 0 Å². The number of carboxylic acid groups (broad SMARTS) is 1. The molecule has 1 aromatic rings. The second-order valence-electron chi connectivity index (χ2n) is 5.68. The van der Waals surface area contributed by atoms with Gasteiger partial charge in [-0.2, -0.15) is 0 Å². The Hall–Kier alpha value is -1.88. The molecule has 2 unspecified atom stereocenters. The molecule has 114 valence electrons. The quantitative estimate of drug-likeness (QED) is 0.775. The molecule has 1 aliphatic heterocycles. The van der Waals surface area contributed by atoms with Crippen molar-refractivity contribution in [1.82, 2.24) is 5.32 Å². The number of hydrogen-bond acceptors (Lipinski definition) is 3. The summed E-state index contributed by atoms with van der Waals surface area (Å²) in [5.74, 6) is -0.326. The van der Waals surface area contributed by atoms with Crippen molar-refractivity contribution in [2.75, 3.05) is 11.9 Å². The molecule has 5 heteroatoms. The maximum Gasteiger partial charge on any atom is 0.303 e. The topological polar surface area (TPSA) is 78.4 Å². The van der Waals surface area contributed by atoms with Gasteiger partial charge in [0.2, 0.25) is 5.91 Å². The lowest BCUT2D eigenvalue weighted by molar-refractivity contribution is -0.136. The molecule has 5 nitrogen and oxygen atoms in total. The van der Waals surface area contributed by atoms with Crippen molar-refractivity contribution >= 4 is 17.6 Å². The van der Waals surface area contributed by atoms with Crippen molar-refractivity contribution < 1.29 is 14.7 Å². The zero-order valence-electron chi connectivity index (χ0n) is 12.3. The van der Waals surface area contributed by atoms with E-state index in [1.54, 1.807) is 0 Å². The third-order valence-electron chi connectivity index (χ3n) is 3.87. The minimum atomic E-state index is -0.834. The van der Waals surface area contributed by atoms with Crippen LogP contribution in [0.5, 0.6) is 0 Å². The number of aliphatic carboxylic acids is 1. The van der Waals surface area contributed by atoms with Crippen molar-refractivity contribution in [2.45, 2.75) is 38.6 Å². The molecule has 0 aromatic heterocycles. The number of amides is 1. The summed E-state index contributed by atoms with van der Waals surface area (Å²) >= 11 is 0. The van der Waals surface area contributed by atoms with Gasteiger partial charge in [0, 0.05) is 12.1 Å². The van der Waals surface area contributed by atoms with E-state index >= 15 is 0 Å². The largest absolute Gasteiger partial charge is 0.481 e. The number of carboxylic acids is 1. The van der Waals surface area contributed by atoms with Gasteiger partial charge in [-0.15, -0.1) is 0 Å². The Morgan fingerprint density at radius 2 is 2.14 bits per heavy atom. The van der Waals surface area contributed by atoms with Crippen molar-refractivity contribution in [1.29, 1.82) is 0 Å². The zero-order chi connectivity index (χ0) is 15.2. The summed E-state index contributed by atoms with van der Waals surface area (Å²) in [6.07, 6.45) is 2.41. The molecule has 21 heavy (non-hydrogen) atoms. The summed E-state index contributed by atoms with van der Waals surface area (Å²) in [6, 6.07) is 7.21. The molecule has 3 N–H and O–H groups in total. The third kappa shape index (κ3) is 4.56. The molecule has 0 radical (unpaired) electrons. The zero-order valence-corrected chi connectivity index (χ0v) is 12.3. The summed E-state index contributed by atoms with van der Waals surface area (Å²) in [5.41, 5.74) is 1.57. The van der Waals surface area contributed by atoms with E-state index in [9.17, 15) is 9.59 Å². The lowest BCUT2D eigenvalue weighted by Crippen LogP contribution is -2.45. The summed E-state index contributed by atoms with van der Waals surface area (Å²) in [4.78, 5) is 23.0. The number of nitrogens with one attached hydrogen (secondary N) is 2. The third-order valence-corrected chi connectivity index (χ3v) is 3.87. The van der Waals surface area contributed by atoms with Gasteiger partial charge in [-0.3, -0.25) is 9.59 Å². The van der Waals surface area contributed by atoms with Crippen molar-refractivity contribution in [3.63, 3.8) is 0 Å². The SMILES string of the molecule is CC1CCNC(C(=O)Nc2ccccc2CCC(=O)O)C1. The summed E-state index contributed by atoms with van der Waals surface area (Å²) in [5, 5.41) is 14.9. The second kappa shape index (κ2) is 7.22. The van der Waals surface area contributed by atoms with Crippen LogP contribution in [0.2, 0.25) is 0 Å². The monoisotopic (exact) mass is 290 g/mol. The number of piperidine rings is 1. The molecule has 2 atom stereocenters. The fraction of sp³-hybridized carbons (Fsp3) is 0.500. The van der Waals surface area contributed by atoms with E-state index in [1.165, 1.54) is 0 Å². The lowest BCUT2D eigenvalue weighted by Gasteiger charge is -2.27. The summed E-state index contributed by atoms with van der Waals surface area (Å²) < 4.78 is 0. The minimum Gasteiger partial charge on any atom is -0.481 e. The van der Waals surface area contributed by atoms with Crippen LogP contribution in [0.3, 0.4) is 0 Å². The molecule has 0 aliphatic carbocycles. The number of carbonyl (C=O) groups is 2. The Morgan fingerprint density at radius 3 is 2.86 bits per heavy atom.